The van der Waals surface area contributed by atoms with Crippen molar-refractivity contribution in [1.29, 1.82) is 0 Å². The normalized spacial score (nSPS) is 12.4. The molecule has 6 heteroatoms. The molecule has 90 valence electrons. The molecule has 1 aromatic heterocycles. The fraction of sp³-hybridized carbons (Fsp3) is 0.500. The SMILES string of the molecule is COCC(O)CCNC(=O)c1csc(Br)c1. The first-order valence-corrected chi connectivity index (χ1v) is 6.50. The lowest BCUT2D eigenvalue weighted by molar-refractivity contribution is 0.0588. The zero-order valence-corrected chi connectivity index (χ0v) is 11.3. The molecule has 0 radical (unpaired) electrons. The molecule has 1 amide bonds. The summed E-state index contributed by atoms with van der Waals surface area (Å²) in [6.07, 6.45) is -0.0373. The Hall–Kier alpha value is -0.430. The van der Waals surface area contributed by atoms with Crippen molar-refractivity contribution in [2.75, 3.05) is 20.3 Å². The van der Waals surface area contributed by atoms with Crippen LogP contribution in [-0.2, 0) is 4.74 Å². The van der Waals surface area contributed by atoms with Gasteiger partial charge in [0.05, 0.1) is 22.1 Å². The van der Waals surface area contributed by atoms with Crippen molar-refractivity contribution < 1.29 is 14.6 Å². The first kappa shape index (κ1) is 13.6. The van der Waals surface area contributed by atoms with Crippen molar-refractivity contribution in [3.8, 4) is 0 Å². The molecule has 0 aromatic carbocycles. The Morgan fingerprint density at radius 2 is 2.50 bits per heavy atom. The van der Waals surface area contributed by atoms with Crippen LogP contribution in [0.5, 0.6) is 0 Å². The maximum absolute atomic E-state index is 11.6. The number of hydrogen-bond acceptors (Lipinski definition) is 4. The number of aliphatic hydroxyl groups excluding tert-OH is 1. The average Bonchev–Trinajstić information content (AvgIpc) is 2.65. The third-order valence-electron chi connectivity index (χ3n) is 1.95. The molecule has 0 spiro atoms. The van der Waals surface area contributed by atoms with Gasteiger partial charge in [0.1, 0.15) is 0 Å². The fourth-order valence-corrected chi connectivity index (χ4v) is 2.30. The van der Waals surface area contributed by atoms with Gasteiger partial charge >= 0.3 is 0 Å². The minimum Gasteiger partial charge on any atom is -0.391 e. The molecular formula is C10H14BrNO3S. The highest BCUT2D eigenvalue weighted by molar-refractivity contribution is 9.11. The molecule has 0 aliphatic carbocycles. The zero-order chi connectivity index (χ0) is 12.0. The van der Waals surface area contributed by atoms with Crippen LogP contribution < -0.4 is 5.32 Å². The van der Waals surface area contributed by atoms with E-state index >= 15 is 0 Å². The molecular weight excluding hydrogens is 294 g/mol. The number of hydrogen-bond donors (Lipinski definition) is 2. The first-order valence-electron chi connectivity index (χ1n) is 4.82. The van der Waals surface area contributed by atoms with Gasteiger partial charge in [-0.05, 0) is 28.4 Å². The zero-order valence-electron chi connectivity index (χ0n) is 8.90. The van der Waals surface area contributed by atoms with Crippen molar-refractivity contribution in [3.05, 3.63) is 20.8 Å². The van der Waals surface area contributed by atoms with Crippen LogP contribution in [0.1, 0.15) is 16.8 Å². The van der Waals surface area contributed by atoms with Gasteiger partial charge in [0.2, 0.25) is 0 Å². The van der Waals surface area contributed by atoms with Gasteiger partial charge in [-0.3, -0.25) is 4.79 Å². The monoisotopic (exact) mass is 307 g/mol. The van der Waals surface area contributed by atoms with Gasteiger partial charge in [0, 0.05) is 19.0 Å². The smallest absolute Gasteiger partial charge is 0.252 e. The van der Waals surface area contributed by atoms with E-state index in [2.05, 4.69) is 21.2 Å². The Labute approximate surface area is 107 Å². The second-order valence-corrected chi connectivity index (χ2v) is 5.58. The Balaban J connectivity index is 2.25. The summed E-state index contributed by atoms with van der Waals surface area (Å²) >= 11 is 4.76. The third kappa shape index (κ3) is 4.61. The van der Waals surface area contributed by atoms with Gasteiger partial charge in [-0.1, -0.05) is 0 Å². The summed E-state index contributed by atoms with van der Waals surface area (Å²) in [6.45, 7) is 0.733. The van der Waals surface area contributed by atoms with Gasteiger partial charge in [-0.2, -0.15) is 0 Å². The lowest BCUT2D eigenvalue weighted by Crippen LogP contribution is -2.28. The Kier molecular flexibility index (Phi) is 5.97. The summed E-state index contributed by atoms with van der Waals surface area (Å²) in [5.74, 6) is -0.119. The van der Waals surface area contributed by atoms with E-state index in [-0.39, 0.29) is 5.91 Å². The third-order valence-corrected chi connectivity index (χ3v) is 3.46. The Morgan fingerprint density at radius 1 is 1.75 bits per heavy atom. The van der Waals surface area contributed by atoms with E-state index in [1.54, 1.807) is 11.4 Å². The van der Waals surface area contributed by atoms with E-state index in [1.807, 2.05) is 0 Å². The molecule has 0 aliphatic rings. The Morgan fingerprint density at radius 3 is 3.06 bits per heavy atom. The molecule has 16 heavy (non-hydrogen) atoms. The molecule has 1 atom stereocenters. The van der Waals surface area contributed by atoms with Gasteiger partial charge in [-0.15, -0.1) is 11.3 Å². The van der Waals surface area contributed by atoms with Crippen LogP contribution in [0.4, 0.5) is 0 Å². The number of carbonyl (C=O) groups is 1. The number of amides is 1. The van der Waals surface area contributed by atoms with Crippen LogP contribution in [0.3, 0.4) is 0 Å². The van der Waals surface area contributed by atoms with E-state index in [9.17, 15) is 9.90 Å². The Bertz CT molecular complexity index is 343. The molecule has 0 fully saturated rings. The van der Waals surface area contributed by atoms with Crippen LogP contribution in [0.15, 0.2) is 15.2 Å². The molecule has 1 unspecified atom stereocenters. The van der Waals surface area contributed by atoms with E-state index in [4.69, 9.17) is 4.74 Å². The highest BCUT2D eigenvalue weighted by atomic mass is 79.9. The predicted octanol–water partition coefficient (Wildman–Crippen LogP) is 1.64. The fourth-order valence-electron chi connectivity index (χ4n) is 1.16. The highest BCUT2D eigenvalue weighted by Crippen LogP contribution is 2.20. The minimum absolute atomic E-state index is 0.119. The molecule has 1 heterocycles. The van der Waals surface area contributed by atoms with Gasteiger partial charge in [0.15, 0.2) is 0 Å². The van der Waals surface area contributed by atoms with E-state index in [0.29, 0.717) is 25.1 Å². The number of rotatable bonds is 6. The van der Waals surface area contributed by atoms with Crippen molar-refractivity contribution in [3.63, 3.8) is 0 Å². The molecule has 1 aromatic rings. The number of methoxy groups -OCH3 is 1. The van der Waals surface area contributed by atoms with Gasteiger partial charge in [0.25, 0.3) is 5.91 Å². The van der Waals surface area contributed by atoms with Crippen LogP contribution in [-0.4, -0.2) is 37.4 Å². The quantitative estimate of drug-likeness (QED) is 0.840. The molecule has 2 N–H and O–H groups in total. The highest BCUT2D eigenvalue weighted by Gasteiger charge is 2.08. The molecule has 1 rings (SSSR count). The van der Waals surface area contributed by atoms with E-state index < -0.39 is 6.10 Å². The van der Waals surface area contributed by atoms with Gasteiger partial charge in [-0.25, -0.2) is 0 Å². The lowest BCUT2D eigenvalue weighted by atomic mass is 10.2. The summed E-state index contributed by atoms with van der Waals surface area (Å²) in [4.78, 5) is 11.6. The summed E-state index contributed by atoms with van der Waals surface area (Å²) in [5, 5.41) is 13.9. The molecule has 0 aliphatic heterocycles. The predicted molar refractivity (Wildman–Crippen MR) is 66.9 cm³/mol. The summed E-state index contributed by atoms with van der Waals surface area (Å²) in [5.41, 5.74) is 0.637. The minimum atomic E-state index is -0.528. The van der Waals surface area contributed by atoms with Crippen molar-refractivity contribution >= 4 is 33.2 Å². The van der Waals surface area contributed by atoms with Crippen LogP contribution in [0.2, 0.25) is 0 Å². The number of halogens is 1. The maximum Gasteiger partial charge on any atom is 0.252 e. The summed E-state index contributed by atoms with van der Waals surface area (Å²) in [7, 11) is 1.53. The van der Waals surface area contributed by atoms with E-state index in [0.717, 1.165) is 3.79 Å². The second kappa shape index (κ2) is 7.01. The number of carbonyl (C=O) groups excluding carboxylic acids is 1. The number of nitrogens with one attached hydrogen (secondary N) is 1. The number of ether oxygens (including phenoxy) is 1. The summed E-state index contributed by atoms with van der Waals surface area (Å²) < 4.78 is 5.71. The molecule has 0 saturated carbocycles. The lowest BCUT2D eigenvalue weighted by Gasteiger charge is -2.09. The average molecular weight is 308 g/mol. The van der Waals surface area contributed by atoms with E-state index in [1.165, 1.54) is 18.4 Å². The standard InChI is InChI=1S/C10H14BrNO3S/c1-15-5-8(13)2-3-12-10(14)7-4-9(11)16-6-7/h4,6,8,13H,2-3,5H2,1H3,(H,12,14). The number of thiophene rings is 1. The largest absolute Gasteiger partial charge is 0.391 e. The topological polar surface area (TPSA) is 58.6 Å². The molecule has 0 bridgehead atoms. The van der Waals surface area contributed by atoms with Crippen LogP contribution in [0, 0.1) is 0 Å². The molecule has 0 saturated heterocycles. The van der Waals surface area contributed by atoms with Crippen molar-refractivity contribution in [2.45, 2.75) is 12.5 Å². The van der Waals surface area contributed by atoms with Crippen molar-refractivity contribution in [2.24, 2.45) is 0 Å². The van der Waals surface area contributed by atoms with Crippen LogP contribution >= 0.6 is 27.3 Å². The first-order chi connectivity index (χ1) is 7.63. The van der Waals surface area contributed by atoms with Gasteiger partial charge < -0.3 is 15.2 Å². The van der Waals surface area contributed by atoms with Crippen molar-refractivity contribution in [1.82, 2.24) is 5.32 Å². The number of aliphatic hydroxyl groups is 1. The van der Waals surface area contributed by atoms with Crippen LogP contribution in [0.25, 0.3) is 0 Å². The molecule has 4 nitrogen and oxygen atoms in total. The summed E-state index contributed by atoms with van der Waals surface area (Å²) in [6, 6.07) is 1.77. The second-order valence-electron chi connectivity index (χ2n) is 3.29. The maximum atomic E-state index is 11.6.